The molecule has 1 aliphatic carbocycles. The number of anilines is 1. The van der Waals surface area contributed by atoms with Crippen molar-refractivity contribution in [1.29, 1.82) is 0 Å². The van der Waals surface area contributed by atoms with Crippen molar-refractivity contribution in [3.05, 3.63) is 42.5 Å². The van der Waals surface area contributed by atoms with Gasteiger partial charge in [-0.15, -0.1) is 0 Å². The highest BCUT2D eigenvalue weighted by atomic mass is 16.5. The van der Waals surface area contributed by atoms with E-state index < -0.39 is 41.8 Å². The van der Waals surface area contributed by atoms with Gasteiger partial charge in [-0.2, -0.15) is 0 Å². The van der Waals surface area contributed by atoms with Gasteiger partial charge in [0.25, 0.3) is 0 Å². The highest BCUT2D eigenvalue weighted by Gasteiger charge is 2.60. The van der Waals surface area contributed by atoms with E-state index in [0.717, 1.165) is 10.8 Å². The first-order chi connectivity index (χ1) is 12.4. The van der Waals surface area contributed by atoms with Crippen LogP contribution in [-0.2, 0) is 14.3 Å². The molecule has 4 atom stereocenters. The average molecular weight is 358 g/mol. The molecule has 0 heterocycles. The van der Waals surface area contributed by atoms with E-state index in [-0.39, 0.29) is 6.61 Å². The second kappa shape index (κ2) is 7.01. The Morgan fingerprint density at radius 3 is 2.50 bits per heavy atom. The van der Waals surface area contributed by atoms with Gasteiger partial charge in [0.15, 0.2) is 0 Å². The lowest BCUT2D eigenvalue weighted by Gasteiger charge is -2.10. The fraction of sp³-hybridized carbons (Fsp3) is 0.278. The summed E-state index contributed by atoms with van der Waals surface area (Å²) in [5, 5.41) is 22.5. The van der Waals surface area contributed by atoms with E-state index in [9.17, 15) is 14.4 Å². The molecule has 1 amide bonds. The monoisotopic (exact) mass is 358 g/mol. The zero-order chi connectivity index (χ0) is 18.8. The Morgan fingerprint density at radius 1 is 1.12 bits per heavy atom. The number of carboxylic acid groups (broad SMARTS) is 2. The first kappa shape index (κ1) is 17.7. The highest BCUT2D eigenvalue weighted by Crippen LogP contribution is 2.48. The minimum absolute atomic E-state index is 0.209. The van der Waals surface area contributed by atoms with Crippen LogP contribution >= 0.6 is 0 Å². The van der Waals surface area contributed by atoms with E-state index in [1.165, 1.54) is 0 Å². The summed E-state index contributed by atoms with van der Waals surface area (Å²) in [6, 6.07) is 11.6. The molecule has 2 aromatic rings. The molecule has 1 aliphatic rings. The predicted octanol–water partition coefficient (Wildman–Crippen LogP) is 1.75. The molecule has 8 heteroatoms. The molecule has 1 fully saturated rings. The van der Waals surface area contributed by atoms with Crippen LogP contribution in [0, 0.1) is 17.8 Å². The minimum Gasteiger partial charge on any atom is -0.481 e. The number of nitrogens with two attached hydrogens (primary N) is 1. The third kappa shape index (κ3) is 3.45. The summed E-state index contributed by atoms with van der Waals surface area (Å²) in [7, 11) is 0. The average Bonchev–Trinajstić information content (AvgIpc) is 3.34. The lowest BCUT2D eigenvalue weighted by Crippen LogP contribution is -2.34. The van der Waals surface area contributed by atoms with E-state index in [4.69, 9.17) is 20.7 Å². The fourth-order valence-electron chi connectivity index (χ4n) is 3.27. The SMILES string of the molecule is N[C@H](C(=O)O)C1C(COC(=O)Nc2cccc3ccccc23)C1C(=O)O. The highest BCUT2D eigenvalue weighted by molar-refractivity contribution is 6.00. The Bertz CT molecular complexity index is 862. The Hall–Kier alpha value is -3.13. The molecule has 136 valence electrons. The Kier molecular flexibility index (Phi) is 4.77. The van der Waals surface area contributed by atoms with Crippen molar-refractivity contribution in [2.45, 2.75) is 6.04 Å². The summed E-state index contributed by atoms with van der Waals surface area (Å²) < 4.78 is 5.10. The topological polar surface area (TPSA) is 139 Å². The molecule has 0 saturated heterocycles. The van der Waals surface area contributed by atoms with Gasteiger partial charge in [-0.3, -0.25) is 14.9 Å². The van der Waals surface area contributed by atoms with Crippen LogP contribution in [0.4, 0.5) is 10.5 Å². The molecule has 0 aliphatic heterocycles. The molecule has 0 spiro atoms. The largest absolute Gasteiger partial charge is 0.481 e. The standard InChI is InChI=1S/C18H18N2O6/c19-15(17(23)24)13-11(14(13)16(21)22)8-26-18(25)20-12-7-3-5-9-4-1-2-6-10(9)12/h1-7,11,13-15H,8,19H2,(H,20,25)(H,21,22)(H,23,24)/t11?,13?,14?,15-/m0/s1. The summed E-state index contributed by atoms with van der Waals surface area (Å²) in [6.07, 6.45) is -0.736. The second-order valence-electron chi connectivity index (χ2n) is 6.22. The van der Waals surface area contributed by atoms with Crippen molar-refractivity contribution in [3.63, 3.8) is 0 Å². The summed E-state index contributed by atoms with van der Waals surface area (Å²) in [4.78, 5) is 34.2. The maximum atomic E-state index is 12.0. The molecule has 3 unspecified atom stereocenters. The normalized spacial score (nSPS) is 22.4. The molecule has 2 aromatic carbocycles. The number of carboxylic acids is 2. The van der Waals surface area contributed by atoms with E-state index in [2.05, 4.69) is 5.32 Å². The maximum absolute atomic E-state index is 12.0. The summed E-state index contributed by atoms with van der Waals surface area (Å²) in [5.41, 5.74) is 6.08. The van der Waals surface area contributed by atoms with Crippen LogP contribution in [0.2, 0.25) is 0 Å². The van der Waals surface area contributed by atoms with Gasteiger partial charge in [0, 0.05) is 17.2 Å². The van der Waals surface area contributed by atoms with Crippen LogP contribution in [0.15, 0.2) is 42.5 Å². The quantitative estimate of drug-likeness (QED) is 0.617. The van der Waals surface area contributed by atoms with E-state index in [1.807, 2.05) is 30.3 Å². The first-order valence-corrected chi connectivity index (χ1v) is 8.03. The molecule has 8 nitrogen and oxygen atoms in total. The van der Waals surface area contributed by atoms with Crippen LogP contribution in [0.5, 0.6) is 0 Å². The molecular formula is C18H18N2O6. The van der Waals surface area contributed by atoms with Gasteiger partial charge < -0.3 is 20.7 Å². The number of amides is 1. The molecule has 0 bridgehead atoms. The Balaban J connectivity index is 1.62. The van der Waals surface area contributed by atoms with Crippen LogP contribution in [0.1, 0.15) is 0 Å². The van der Waals surface area contributed by atoms with Gasteiger partial charge >= 0.3 is 18.0 Å². The molecule has 0 radical (unpaired) electrons. The number of nitrogens with one attached hydrogen (secondary N) is 1. The van der Waals surface area contributed by atoms with Crippen LogP contribution in [0.3, 0.4) is 0 Å². The molecule has 26 heavy (non-hydrogen) atoms. The van der Waals surface area contributed by atoms with Crippen molar-refractivity contribution in [1.82, 2.24) is 0 Å². The number of rotatable bonds is 6. The number of ether oxygens (including phenoxy) is 1. The summed E-state index contributed by atoms with van der Waals surface area (Å²) in [5.74, 6) is -4.71. The smallest absolute Gasteiger partial charge is 0.411 e. The number of fused-ring (bicyclic) bond motifs is 1. The maximum Gasteiger partial charge on any atom is 0.411 e. The van der Waals surface area contributed by atoms with Crippen LogP contribution < -0.4 is 11.1 Å². The van der Waals surface area contributed by atoms with Gasteiger partial charge in [0.1, 0.15) is 6.04 Å². The van der Waals surface area contributed by atoms with Crippen molar-refractivity contribution in [2.24, 2.45) is 23.5 Å². The fourth-order valence-corrected chi connectivity index (χ4v) is 3.27. The van der Waals surface area contributed by atoms with Crippen molar-refractivity contribution < 1.29 is 29.3 Å². The number of benzene rings is 2. The minimum atomic E-state index is -1.30. The number of aliphatic carboxylic acids is 2. The number of carbonyl (C=O) groups excluding carboxylic acids is 1. The van der Waals surface area contributed by atoms with Gasteiger partial charge in [-0.1, -0.05) is 36.4 Å². The van der Waals surface area contributed by atoms with E-state index in [1.54, 1.807) is 12.1 Å². The third-order valence-corrected chi connectivity index (χ3v) is 4.65. The molecule has 3 rings (SSSR count). The predicted molar refractivity (Wildman–Crippen MR) is 92.6 cm³/mol. The zero-order valence-electron chi connectivity index (χ0n) is 13.7. The van der Waals surface area contributed by atoms with E-state index >= 15 is 0 Å². The van der Waals surface area contributed by atoms with E-state index in [0.29, 0.717) is 5.69 Å². The molecule has 5 N–H and O–H groups in total. The van der Waals surface area contributed by atoms with Gasteiger partial charge in [-0.25, -0.2) is 4.79 Å². The summed E-state index contributed by atoms with van der Waals surface area (Å²) >= 11 is 0. The Morgan fingerprint density at radius 2 is 1.81 bits per heavy atom. The molecule has 1 saturated carbocycles. The lowest BCUT2D eigenvalue weighted by atomic mass is 10.1. The van der Waals surface area contributed by atoms with Crippen molar-refractivity contribution in [3.8, 4) is 0 Å². The molecular weight excluding hydrogens is 340 g/mol. The number of hydrogen-bond donors (Lipinski definition) is 4. The molecule has 0 aromatic heterocycles. The van der Waals surface area contributed by atoms with Crippen LogP contribution in [0.25, 0.3) is 10.8 Å². The zero-order valence-corrected chi connectivity index (χ0v) is 13.7. The third-order valence-electron chi connectivity index (χ3n) is 4.65. The van der Waals surface area contributed by atoms with Gasteiger partial charge in [-0.05, 0) is 11.5 Å². The number of carbonyl (C=O) groups is 3. The summed E-state index contributed by atoms with van der Waals surface area (Å²) in [6.45, 7) is -0.209. The van der Waals surface area contributed by atoms with Crippen molar-refractivity contribution >= 4 is 34.5 Å². The number of hydrogen-bond acceptors (Lipinski definition) is 5. The van der Waals surface area contributed by atoms with Crippen LogP contribution in [-0.4, -0.2) is 40.9 Å². The van der Waals surface area contributed by atoms with Gasteiger partial charge in [0.2, 0.25) is 0 Å². The first-order valence-electron chi connectivity index (χ1n) is 8.03. The Labute approximate surface area is 148 Å². The van der Waals surface area contributed by atoms with Crippen molar-refractivity contribution in [2.75, 3.05) is 11.9 Å². The second-order valence-corrected chi connectivity index (χ2v) is 6.22. The lowest BCUT2D eigenvalue weighted by molar-refractivity contribution is -0.140. The van der Waals surface area contributed by atoms with Gasteiger partial charge in [0.05, 0.1) is 18.2 Å².